The SMILES string of the molecule is FC(F)(F)C1(c2cn3ccnc3cn2)CC1. The highest BCUT2D eigenvalue weighted by Crippen LogP contribution is 2.58. The Morgan fingerprint density at radius 2 is 2.00 bits per heavy atom. The highest BCUT2D eigenvalue weighted by atomic mass is 19.4. The Bertz CT molecular complexity index is 539. The van der Waals surface area contributed by atoms with Gasteiger partial charge in [-0.05, 0) is 12.8 Å². The molecule has 0 unspecified atom stereocenters. The van der Waals surface area contributed by atoms with Gasteiger partial charge in [-0.1, -0.05) is 0 Å². The van der Waals surface area contributed by atoms with Crippen LogP contribution >= 0.6 is 0 Å². The minimum absolute atomic E-state index is 0.0884. The summed E-state index contributed by atoms with van der Waals surface area (Å²) in [7, 11) is 0. The number of hydrogen-bond acceptors (Lipinski definition) is 2. The summed E-state index contributed by atoms with van der Waals surface area (Å²) in [6.07, 6.45) is 1.99. The Morgan fingerprint density at radius 1 is 1.25 bits per heavy atom. The van der Waals surface area contributed by atoms with Crippen LogP contribution in [0.2, 0.25) is 0 Å². The summed E-state index contributed by atoms with van der Waals surface area (Å²) in [4.78, 5) is 7.82. The van der Waals surface area contributed by atoms with Crippen LogP contribution in [0.3, 0.4) is 0 Å². The van der Waals surface area contributed by atoms with Crippen LogP contribution in [0.25, 0.3) is 5.65 Å². The van der Waals surface area contributed by atoms with Crippen molar-refractivity contribution in [3.8, 4) is 0 Å². The van der Waals surface area contributed by atoms with Crippen LogP contribution in [0.15, 0.2) is 24.8 Å². The summed E-state index contributed by atoms with van der Waals surface area (Å²) >= 11 is 0. The number of halogens is 3. The smallest absolute Gasteiger partial charge is 0.304 e. The van der Waals surface area contributed by atoms with Gasteiger partial charge in [0.15, 0.2) is 5.65 Å². The Balaban J connectivity index is 2.12. The minimum Gasteiger partial charge on any atom is -0.304 e. The maximum absolute atomic E-state index is 12.8. The zero-order chi connectivity index (χ0) is 11.4. The monoisotopic (exact) mass is 227 g/mol. The van der Waals surface area contributed by atoms with Crippen molar-refractivity contribution in [3.05, 3.63) is 30.5 Å². The first-order valence-electron chi connectivity index (χ1n) is 4.89. The molecule has 0 radical (unpaired) electrons. The van der Waals surface area contributed by atoms with Crippen LogP contribution < -0.4 is 0 Å². The molecule has 0 spiro atoms. The second-order valence-electron chi connectivity index (χ2n) is 4.05. The molecular formula is C10H8F3N3. The zero-order valence-electron chi connectivity index (χ0n) is 8.20. The van der Waals surface area contributed by atoms with Crippen LogP contribution in [0.4, 0.5) is 13.2 Å². The Kier molecular flexibility index (Phi) is 1.65. The third kappa shape index (κ3) is 1.15. The maximum Gasteiger partial charge on any atom is 0.399 e. The number of hydrogen-bond donors (Lipinski definition) is 0. The topological polar surface area (TPSA) is 30.2 Å². The molecule has 3 rings (SSSR count). The Morgan fingerprint density at radius 3 is 2.62 bits per heavy atom. The molecule has 2 heterocycles. The van der Waals surface area contributed by atoms with Gasteiger partial charge in [0.1, 0.15) is 5.41 Å². The van der Waals surface area contributed by atoms with Gasteiger partial charge in [-0.3, -0.25) is 4.98 Å². The van der Waals surface area contributed by atoms with Crippen molar-refractivity contribution in [1.29, 1.82) is 0 Å². The molecule has 0 aliphatic heterocycles. The van der Waals surface area contributed by atoms with E-state index in [-0.39, 0.29) is 18.5 Å². The molecule has 2 aromatic heterocycles. The molecule has 2 aromatic rings. The highest BCUT2D eigenvalue weighted by molar-refractivity contribution is 5.38. The summed E-state index contributed by atoms with van der Waals surface area (Å²) in [5.41, 5.74) is -1.07. The summed E-state index contributed by atoms with van der Waals surface area (Å²) in [6, 6.07) is 0. The lowest BCUT2D eigenvalue weighted by Gasteiger charge is -2.18. The van der Waals surface area contributed by atoms with Crippen molar-refractivity contribution in [3.63, 3.8) is 0 Å². The molecule has 0 saturated heterocycles. The second kappa shape index (κ2) is 2.75. The first kappa shape index (κ1) is 9.62. The van der Waals surface area contributed by atoms with E-state index in [9.17, 15) is 13.2 Å². The summed E-state index contributed by atoms with van der Waals surface area (Å²) in [5.74, 6) is 0. The minimum atomic E-state index is -4.21. The van der Waals surface area contributed by atoms with Crippen LogP contribution in [-0.2, 0) is 5.41 Å². The van der Waals surface area contributed by atoms with Crippen LogP contribution in [0, 0.1) is 0 Å². The van der Waals surface area contributed by atoms with Gasteiger partial charge >= 0.3 is 6.18 Å². The van der Waals surface area contributed by atoms with Gasteiger partial charge in [0.25, 0.3) is 0 Å². The second-order valence-corrected chi connectivity index (χ2v) is 4.05. The fourth-order valence-corrected chi connectivity index (χ4v) is 1.88. The van der Waals surface area contributed by atoms with E-state index in [1.807, 2.05) is 0 Å². The summed E-state index contributed by atoms with van der Waals surface area (Å²) < 4.78 is 40.1. The number of aromatic nitrogens is 3. The van der Waals surface area contributed by atoms with Gasteiger partial charge < -0.3 is 4.40 Å². The lowest BCUT2D eigenvalue weighted by molar-refractivity contribution is -0.161. The van der Waals surface area contributed by atoms with Crippen molar-refractivity contribution < 1.29 is 13.2 Å². The molecule has 0 bridgehead atoms. The molecule has 1 fully saturated rings. The standard InChI is InChI=1S/C10H8F3N3/c11-10(12,13)9(1-2-9)7-6-16-4-3-14-8(16)5-15-7/h3-6H,1-2H2. The van der Waals surface area contributed by atoms with Crippen LogP contribution in [-0.4, -0.2) is 20.5 Å². The van der Waals surface area contributed by atoms with E-state index in [0.29, 0.717) is 5.65 Å². The van der Waals surface area contributed by atoms with Gasteiger partial charge in [0.05, 0.1) is 11.9 Å². The number of alkyl halides is 3. The Hall–Kier alpha value is -1.59. The van der Waals surface area contributed by atoms with Gasteiger partial charge in [0.2, 0.25) is 0 Å². The van der Waals surface area contributed by atoms with Crippen molar-refractivity contribution in [2.24, 2.45) is 0 Å². The van der Waals surface area contributed by atoms with E-state index in [0.717, 1.165) is 0 Å². The average Bonchev–Trinajstić information content (AvgIpc) is 2.91. The quantitative estimate of drug-likeness (QED) is 0.748. The molecule has 1 saturated carbocycles. The largest absolute Gasteiger partial charge is 0.399 e. The molecule has 1 aliphatic carbocycles. The van der Waals surface area contributed by atoms with Gasteiger partial charge in [-0.2, -0.15) is 13.2 Å². The normalized spacial score (nSPS) is 18.9. The molecule has 6 heteroatoms. The van der Waals surface area contributed by atoms with Gasteiger partial charge in [-0.15, -0.1) is 0 Å². The molecule has 1 aliphatic rings. The predicted molar refractivity (Wildman–Crippen MR) is 50.0 cm³/mol. The zero-order valence-corrected chi connectivity index (χ0v) is 8.20. The predicted octanol–water partition coefficient (Wildman–Crippen LogP) is 2.32. The third-order valence-corrected chi connectivity index (χ3v) is 3.06. The van der Waals surface area contributed by atoms with E-state index in [1.165, 1.54) is 18.6 Å². The highest BCUT2D eigenvalue weighted by Gasteiger charge is 2.65. The number of rotatable bonds is 1. The molecule has 3 nitrogen and oxygen atoms in total. The van der Waals surface area contributed by atoms with E-state index >= 15 is 0 Å². The van der Waals surface area contributed by atoms with E-state index < -0.39 is 11.6 Å². The Labute approximate surface area is 88.9 Å². The first-order valence-corrected chi connectivity index (χ1v) is 4.89. The fraction of sp³-hybridized carbons (Fsp3) is 0.400. The van der Waals surface area contributed by atoms with E-state index in [2.05, 4.69) is 9.97 Å². The average molecular weight is 227 g/mol. The van der Waals surface area contributed by atoms with Crippen molar-refractivity contribution in [1.82, 2.24) is 14.4 Å². The third-order valence-electron chi connectivity index (χ3n) is 3.06. The molecule has 0 N–H and O–H groups in total. The van der Waals surface area contributed by atoms with Crippen LogP contribution in [0.5, 0.6) is 0 Å². The van der Waals surface area contributed by atoms with E-state index in [4.69, 9.17) is 0 Å². The lowest BCUT2D eigenvalue weighted by atomic mass is 10.0. The molecule has 0 amide bonds. The van der Waals surface area contributed by atoms with Crippen molar-refractivity contribution in [2.45, 2.75) is 24.4 Å². The van der Waals surface area contributed by atoms with Gasteiger partial charge in [0, 0.05) is 18.6 Å². The summed E-state index contributed by atoms with van der Waals surface area (Å²) in [5, 5.41) is 0. The van der Waals surface area contributed by atoms with Gasteiger partial charge in [-0.25, -0.2) is 4.98 Å². The van der Waals surface area contributed by atoms with Crippen molar-refractivity contribution in [2.75, 3.05) is 0 Å². The fourth-order valence-electron chi connectivity index (χ4n) is 1.88. The molecule has 0 atom stereocenters. The number of imidazole rings is 1. The maximum atomic E-state index is 12.8. The molecule has 0 aromatic carbocycles. The molecular weight excluding hydrogens is 219 g/mol. The number of nitrogens with zero attached hydrogens (tertiary/aromatic N) is 3. The lowest BCUT2D eigenvalue weighted by Crippen LogP contribution is -2.29. The summed E-state index contributed by atoms with van der Waals surface area (Å²) in [6.45, 7) is 0. The molecule has 16 heavy (non-hydrogen) atoms. The molecule has 84 valence electrons. The first-order chi connectivity index (χ1) is 7.53. The van der Waals surface area contributed by atoms with E-state index in [1.54, 1.807) is 10.6 Å². The van der Waals surface area contributed by atoms with Crippen LogP contribution in [0.1, 0.15) is 18.5 Å². The van der Waals surface area contributed by atoms with Crippen molar-refractivity contribution >= 4 is 5.65 Å². The number of fused-ring (bicyclic) bond motifs is 1.